The van der Waals surface area contributed by atoms with Gasteiger partial charge in [-0.3, -0.25) is 9.59 Å². The number of nitrogens with one attached hydrogen (secondary N) is 1. The molecule has 0 spiro atoms. The Morgan fingerprint density at radius 2 is 2.40 bits per heavy atom. The van der Waals surface area contributed by atoms with E-state index in [1.807, 2.05) is 0 Å². The van der Waals surface area contributed by atoms with E-state index in [1.165, 1.54) is 0 Å². The summed E-state index contributed by atoms with van der Waals surface area (Å²) in [5.74, 6) is -2.16. The van der Waals surface area contributed by atoms with Crippen molar-refractivity contribution in [3.63, 3.8) is 0 Å². The normalized spacial score (nSPS) is 31.9. The summed E-state index contributed by atoms with van der Waals surface area (Å²) in [7, 11) is 0. The number of aliphatic carboxylic acids is 1. The average Bonchev–Trinajstić information content (AvgIpc) is 2.14. The van der Waals surface area contributed by atoms with Crippen LogP contribution in [0.5, 0.6) is 0 Å². The van der Waals surface area contributed by atoms with Crippen molar-refractivity contribution in [1.29, 1.82) is 0 Å². The van der Waals surface area contributed by atoms with E-state index in [9.17, 15) is 9.59 Å². The fraction of sp³-hybridized carbons (Fsp3) is 0.600. The van der Waals surface area contributed by atoms with Gasteiger partial charge in [0.05, 0.1) is 12.0 Å². The molecule has 0 aromatic rings. The molecule has 1 rings (SSSR count). The second kappa shape index (κ2) is 2.26. The molecule has 5 nitrogen and oxygen atoms in total. The van der Waals surface area contributed by atoms with Crippen molar-refractivity contribution in [1.82, 2.24) is 5.32 Å². The molecule has 2 unspecified atom stereocenters. The van der Waals surface area contributed by atoms with Gasteiger partial charge in [0.25, 0.3) is 0 Å². The smallest absolute Gasteiger partial charge is 0.310 e. The van der Waals surface area contributed by atoms with Crippen LogP contribution in [0.15, 0.2) is 0 Å². The van der Waals surface area contributed by atoms with Gasteiger partial charge in [0.2, 0.25) is 5.91 Å². The molecule has 1 saturated heterocycles. The Morgan fingerprint density at radius 1 is 1.80 bits per heavy atom. The summed E-state index contributed by atoms with van der Waals surface area (Å²) in [6.45, 7) is 0.148. The van der Waals surface area contributed by atoms with Crippen LogP contribution >= 0.6 is 0 Å². The van der Waals surface area contributed by atoms with E-state index in [0.29, 0.717) is 0 Å². The lowest BCUT2D eigenvalue weighted by atomic mass is 10.1. The maximum atomic E-state index is 10.6. The summed E-state index contributed by atoms with van der Waals surface area (Å²) < 4.78 is 0. The number of carbonyl (C=O) groups excluding carboxylic acids is 1. The largest absolute Gasteiger partial charge is 0.481 e. The van der Waals surface area contributed by atoms with Crippen molar-refractivity contribution in [2.24, 2.45) is 11.7 Å². The second-order valence-corrected chi connectivity index (χ2v) is 2.22. The van der Waals surface area contributed by atoms with Crippen LogP contribution < -0.4 is 11.1 Å². The highest BCUT2D eigenvalue weighted by atomic mass is 16.4. The molecular formula is C5H8N2O3. The minimum absolute atomic E-state index is 0.148. The van der Waals surface area contributed by atoms with Crippen molar-refractivity contribution in [2.45, 2.75) is 6.04 Å². The standard InChI is InChI=1S/C5H8N2O3/c6-3-2(5(9)10)1-7-4(3)8/h2-3H,1,6H2,(H,7,8)(H,9,10). The van der Waals surface area contributed by atoms with Crippen molar-refractivity contribution in [3.8, 4) is 0 Å². The molecule has 1 aliphatic rings. The van der Waals surface area contributed by atoms with Crippen LogP contribution in [0, 0.1) is 5.92 Å². The van der Waals surface area contributed by atoms with Crippen LogP contribution in [0.4, 0.5) is 0 Å². The molecule has 0 aliphatic carbocycles. The molecule has 0 bridgehead atoms. The van der Waals surface area contributed by atoms with Gasteiger partial charge in [-0.25, -0.2) is 0 Å². The van der Waals surface area contributed by atoms with Crippen molar-refractivity contribution in [3.05, 3.63) is 0 Å². The second-order valence-electron chi connectivity index (χ2n) is 2.22. The quantitative estimate of drug-likeness (QED) is 0.402. The SMILES string of the molecule is NC1C(=O)NCC1C(=O)O. The van der Waals surface area contributed by atoms with Gasteiger partial charge in [-0.05, 0) is 0 Å². The average molecular weight is 144 g/mol. The molecule has 56 valence electrons. The lowest BCUT2D eigenvalue weighted by Crippen LogP contribution is -2.37. The number of carboxylic acids is 1. The highest BCUT2D eigenvalue weighted by Crippen LogP contribution is 2.06. The molecule has 4 N–H and O–H groups in total. The fourth-order valence-electron chi connectivity index (χ4n) is 0.879. The number of hydrogen-bond acceptors (Lipinski definition) is 3. The molecule has 5 heteroatoms. The van der Waals surface area contributed by atoms with Gasteiger partial charge in [-0.2, -0.15) is 0 Å². The minimum Gasteiger partial charge on any atom is -0.481 e. The van der Waals surface area contributed by atoms with E-state index < -0.39 is 17.9 Å². The number of nitrogens with two attached hydrogens (primary N) is 1. The Hall–Kier alpha value is -1.10. The lowest BCUT2D eigenvalue weighted by Gasteiger charge is -2.04. The van der Waals surface area contributed by atoms with Gasteiger partial charge in [-0.15, -0.1) is 0 Å². The molecule has 2 atom stereocenters. The molecule has 1 heterocycles. The summed E-state index contributed by atoms with van der Waals surface area (Å²) in [4.78, 5) is 20.9. The maximum Gasteiger partial charge on any atom is 0.310 e. The maximum absolute atomic E-state index is 10.6. The van der Waals surface area contributed by atoms with Crippen molar-refractivity contribution >= 4 is 11.9 Å². The topological polar surface area (TPSA) is 92.4 Å². The highest BCUT2D eigenvalue weighted by molar-refractivity contribution is 5.90. The predicted octanol–water partition coefficient (Wildman–Crippen LogP) is -1.86. The van der Waals surface area contributed by atoms with E-state index in [1.54, 1.807) is 0 Å². The summed E-state index contributed by atoms with van der Waals surface area (Å²) >= 11 is 0. The lowest BCUT2D eigenvalue weighted by molar-refractivity contribution is -0.142. The zero-order valence-corrected chi connectivity index (χ0v) is 5.20. The van der Waals surface area contributed by atoms with Crippen LogP contribution in [0.2, 0.25) is 0 Å². The third-order valence-corrected chi connectivity index (χ3v) is 1.55. The van der Waals surface area contributed by atoms with Gasteiger partial charge < -0.3 is 16.2 Å². The van der Waals surface area contributed by atoms with E-state index in [0.717, 1.165) is 0 Å². The number of hydrogen-bond donors (Lipinski definition) is 3. The van der Waals surface area contributed by atoms with Crippen LogP contribution in [0.1, 0.15) is 0 Å². The third-order valence-electron chi connectivity index (χ3n) is 1.55. The van der Waals surface area contributed by atoms with Crippen molar-refractivity contribution < 1.29 is 14.7 Å². The molecule has 0 radical (unpaired) electrons. The summed E-state index contributed by atoms with van der Waals surface area (Å²) in [6, 6.07) is -0.877. The monoisotopic (exact) mass is 144 g/mol. The van der Waals surface area contributed by atoms with Gasteiger partial charge in [0.15, 0.2) is 0 Å². The van der Waals surface area contributed by atoms with Gasteiger partial charge in [0.1, 0.15) is 0 Å². The van der Waals surface area contributed by atoms with E-state index >= 15 is 0 Å². The van der Waals surface area contributed by atoms with Crippen LogP contribution in [-0.2, 0) is 9.59 Å². The molecule has 1 amide bonds. The minimum atomic E-state index is -1.02. The Bertz CT molecular complexity index is 180. The van der Waals surface area contributed by atoms with Crippen molar-refractivity contribution in [2.75, 3.05) is 6.54 Å². The van der Waals surface area contributed by atoms with E-state index in [4.69, 9.17) is 10.8 Å². The molecule has 0 aromatic heterocycles. The zero-order chi connectivity index (χ0) is 7.72. The Labute approximate surface area is 57.2 Å². The molecule has 1 fully saturated rings. The highest BCUT2D eigenvalue weighted by Gasteiger charge is 2.36. The van der Waals surface area contributed by atoms with Gasteiger partial charge in [-0.1, -0.05) is 0 Å². The first-order chi connectivity index (χ1) is 4.63. The van der Waals surface area contributed by atoms with Crippen LogP contribution in [0.25, 0.3) is 0 Å². The van der Waals surface area contributed by atoms with Gasteiger partial charge >= 0.3 is 5.97 Å². The number of carbonyl (C=O) groups is 2. The first-order valence-electron chi connectivity index (χ1n) is 2.89. The van der Waals surface area contributed by atoms with Crippen LogP contribution in [0.3, 0.4) is 0 Å². The molecule has 1 aliphatic heterocycles. The summed E-state index contributed by atoms with van der Waals surface area (Å²) in [6.07, 6.45) is 0. The first-order valence-corrected chi connectivity index (χ1v) is 2.89. The third kappa shape index (κ3) is 0.950. The predicted molar refractivity (Wildman–Crippen MR) is 32.1 cm³/mol. The molecule has 0 aromatic carbocycles. The molecule has 10 heavy (non-hydrogen) atoms. The Morgan fingerprint density at radius 3 is 2.60 bits per heavy atom. The van der Waals surface area contributed by atoms with Gasteiger partial charge in [0, 0.05) is 6.54 Å². The van der Waals surface area contributed by atoms with E-state index in [-0.39, 0.29) is 12.5 Å². The number of carboxylic acid groups (broad SMARTS) is 1. The Kier molecular flexibility index (Phi) is 1.58. The summed E-state index contributed by atoms with van der Waals surface area (Å²) in [5, 5.41) is 10.8. The number of amides is 1. The molecule has 0 saturated carbocycles. The Balaban J connectivity index is 2.66. The first kappa shape index (κ1) is 7.01. The zero-order valence-electron chi connectivity index (χ0n) is 5.20. The van der Waals surface area contributed by atoms with Crippen LogP contribution in [-0.4, -0.2) is 29.6 Å². The molecular weight excluding hydrogens is 136 g/mol. The summed E-state index contributed by atoms with van der Waals surface area (Å²) in [5.41, 5.74) is 5.23. The number of rotatable bonds is 1. The fourth-order valence-corrected chi connectivity index (χ4v) is 0.879. The van der Waals surface area contributed by atoms with E-state index in [2.05, 4.69) is 5.32 Å².